The Morgan fingerprint density at radius 3 is 2.40 bits per heavy atom. The summed E-state index contributed by atoms with van der Waals surface area (Å²) in [5.41, 5.74) is 14.9. The molecule has 0 atom stereocenters. The van der Waals surface area contributed by atoms with E-state index in [2.05, 4.69) is 21.9 Å². The van der Waals surface area contributed by atoms with Crippen molar-refractivity contribution in [3.05, 3.63) is 30.1 Å². The monoisotopic (exact) mass is 268 g/mol. The van der Waals surface area contributed by atoms with Crippen molar-refractivity contribution in [2.45, 2.75) is 13.3 Å². The smallest absolute Gasteiger partial charge is 0.160 e. The minimum absolute atomic E-state index is 0.390. The van der Waals surface area contributed by atoms with E-state index in [-0.39, 0.29) is 0 Å². The third-order valence-corrected chi connectivity index (χ3v) is 3.29. The van der Waals surface area contributed by atoms with Gasteiger partial charge in [-0.05, 0) is 24.3 Å². The standard InChI is InChI=1S/C14H16N6/c1-3-13-17-10-5-4-9(18-14(10)20(13)2)8-6-11(15)19-12(16)7-8/h4-7H,3H2,1-2H3,(H4,15,16,19). The van der Waals surface area contributed by atoms with Crippen LogP contribution in [0.1, 0.15) is 12.7 Å². The first-order valence-corrected chi connectivity index (χ1v) is 6.44. The molecule has 0 saturated heterocycles. The number of nitrogens with zero attached hydrogens (tertiary/aromatic N) is 4. The summed E-state index contributed by atoms with van der Waals surface area (Å²) in [5, 5.41) is 0. The third-order valence-electron chi connectivity index (χ3n) is 3.29. The molecule has 0 fully saturated rings. The highest BCUT2D eigenvalue weighted by atomic mass is 15.1. The number of aryl methyl sites for hydroxylation is 2. The van der Waals surface area contributed by atoms with Gasteiger partial charge in [0, 0.05) is 19.0 Å². The molecule has 0 aliphatic heterocycles. The van der Waals surface area contributed by atoms with Gasteiger partial charge in [0.25, 0.3) is 0 Å². The average Bonchev–Trinajstić information content (AvgIpc) is 2.74. The Hall–Kier alpha value is -2.63. The topological polar surface area (TPSA) is 95.6 Å². The summed E-state index contributed by atoms with van der Waals surface area (Å²) >= 11 is 0. The summed E-state index contributed by atoms with van der Waals surface area (Å²) in [7, 11) is 1.97. The lowest BCUT2D eigenvalue weighted by Crippen LogP contribution is -1.98. The Balaban J connectivity index is 2.19. The fourth-order valence-electron chi connectivity index (χ4n) is 2.31. The number of anilines is 2. The van der Waals surface area contributed by atoms with Gasteiger partial charge in [-0.25, -0.2) is 15.0 Å². The van der Waals surface area contributed by atoms with Crippen LogP contribution in [0.4, 0.5) is 11.6 Å². The molecule has 3 aromatic rings. The molecular formula is C14H16N6. The maximum atomic E-state index is 5.73. The maximum Gasteiger partial charge on any atom is 0.160 e. The van der Waals surface area contributed by atoms with Crippen LogP contribution in [0.15, 0.2) is 24.3 Å². The van der Waals surface area contributed by atoms with Gasteiger partial charge in [0.05, 0.1) is 5.69 Å². The molecule has 0 spiro atoms. The first-order chi connectivity index (χ1) is 9.58. The molecule has 3 heterocycles. The number of aromatic nitrogens is 4. The Morgan fingerprint density at radius 2 is 1.75 bits per heavy atom. The highest BCUT2D eigenvalue weighted by Gasteiger charge is 2.10. The van der Waals surface area contributed by atoms with Crippen LogP contribution in [0.5, 0.6) is 0 Å². The first kappa shape index (κ1) is 12.4. The van der Waals surface area contributed by atoms with E-state index >= 15 is 0 Å². The van der Waals surface area contributed by atoms with Crippen molar-refractivity contribution >= 4 is 22.8 Å². The van der Waals surface area contributed by atoms with Gasteiger partial charge >= 0.3 is 0 Å². The number of hydrogen-bond acceptors (Lipinski definition) is 5. The van der Waals surface area contributed by atoms with Crippen molar-refractivity contribution in [2.24, 2.45) is 7.05 Å². The van der Waals surface area contributed by atoms with Gasteiger partial charge in [-0.1, -0.05) is 6.92 Å². The molecule has 20 heavy (non-hydrogen) atoms. The maximum absolute atomic E-state index is 5.73. The average molecular weight is 268 g/mol. The zero-order valence-corrected chi connectivity index (χ0v) is 11.5. The van der Waals surface area contributed by atoms with Crippen LogP contribution in [-0.2, 0) is 13.5 Å². The molecule has 102 valence electrons. The number of rotatable bonds is 2. The van der Waals surface area contributed by atoms with Crippen molar-refractivity contribution in [1.29, 1.82) is 0 Å². The van der Waals surface area contributed by atoms with Crippen LogP contribution < -0.4 is 11.5 Å². The van der Waals surface area contributed by atoms with Crippen LogP contribution in [0.3, 0.4) is 0 Å². The summed E-state index contributed by atoms with van der Waals surface area (Å²) in [6.07, 6.45) is 0.872. The largest absolute Gasteiger partial charge is 0.384 e. The molecule has 3 aromatic heterocycles. The molecule has 0 amide bonds. The lowest BCUT2D eigenvalue weighted by Gasteiger charge is -2.04. The number of fused-ring (bicyclic) bond motifs is 1. The second-order valence-corrected chi connectivity index (χ2v) is 4.69. The Kier molecular flexibility index (Phi) is 2.78. The quantitative estimate of drug-likeness (QED) is 0.738. The van der Waals surface area contributed by atoms with E-state index in [1.165, 1.54) is 0 Å². The normalized spacial score (nSPS) is 11.1. The summed E-state index contributed by atoms with van der Waals surface area (Å²) in [4.78, 5) is 13.2. The predicted octanol–water partition coefficient (Wildman–Crippen LogP) is 1.76. The van der Waals surface area contributed by atoms with Crippen molar-refractivity contribution < 1.29 is 0 Å². The van der Waals surface area contributed by atoms with Gasteiger partial charge < -0.3 is 16.0 Å². The molecule has 0 bridgehead atoms. The first-order valence-electron chi connectivity index (χ1n) is 6.44. The van der Waals surface area contributed by atoms with Gasteiger partial charge in [0.2, 0.25) is 0 Å². The van der Waals surface area contributed by atoms with E-state index in [0.29, 0.717) is 11.6 Å². The van der Waals surface area contributed by atoms with E-state index in [4.69, 9.17) is 11.5 Å². The van der Waals surface area contributed by atoms with E-state index in [1.807, 2.05) is 23.7 Å². The molecular weight excluding hydrogens is 252 g/mol. The third kappa shape index (κ3) is 1.95. The number of hydrogen-bond donors (Lipinski definition) is 2. The Morgan fingerprint density at radius 1 is 1.05 bits per heavy atom. The van der Waals surface area contributed by atoms with Crippen LogP contribution in [0.25, 0.3) is 22.4 Å². The van der Waals surface area contributed by atoms with Crippen molar-refractivity contribution in [1.82, 2.24) is 19.5 Å². The lowest BCUT2D eigenvalue weighted by molar-refractivity contribution is 0.821. The van der Waals surface area contributed by atoms with Gasteiger partial charge in [-0.15, -0.1) is 0 Å². The minimum atomic E-state index is 0.390. The SMILES string of the molecule is CCc1nc2ccc(-c3cc(N)nc(N)c3)nc2n1C. The number of nitrogen functional groups attached to an aromatic ring is 2. The molecule has 0 aliphatic carbocycles. The number of imidazole rings is 1. The molecule has 6 nitrogen and oxygen atoms in total. The highest BCUT2D eigenvalue weighted by Crippen LogP contribution is 2.23. The van der Waals surface area contributed by atoms with Crippen LogP contribution in [0.2, 0.25) is 0 Å². The molecule has 0 aromatic carbocycles. The summed E-state index contributed by atoms with van der Waals surface area (Å²) in [6.45, 7) is 2.08. The van der Waals surface area contributed by atoms with E-state index < -0.39 is 0 Å². The lowest BCUT2D eigenvalue weighted by atomic mass is 10.1. The Bertz CT molecular complexity index is 769. The fourth-order valence-corrected chi connectivity index (χ4v) is 2.31. The highest BCUT2D eigenvalue weighted by molar-refractivity contribution is 5.77. The molecule has 0 unspecified atom stereocenters. The zero-order valence-electron chi connectivity index (χ0n) is 11.5. The minimum Gasteiger partial charge on any atom is -0.384 e. The van der Waals surface area contributed by atoms with E-state index in [9.17, 15) is 0 Å². The van der Waals surface area contributed by atoms with Gasteiger partial charge in [0.15, 0.2) is 5.65 Å². The Labute approximate surface area is 116 Å². The molecule has 0 aliphatic rings. The van der Waals surface area contributed by atoms with Gasteiger partial charge in [0.1, 0.15) is 23.0 Å². The number of pyridine rings is 2. The molecule has 0 saturated carbocycles. The number of nitrogens with two attached hydrogens (primary N) is 2. The van der Waals surface area contributed by atoms with Crippen LogP contribution >= 0.6 is 0 Å². The summed E-state index contributed by atoms with van der Waals surface area (Å²) in [6, 6.07) is 7.41. The molecule has 0 radical (unpaired) electrons. The predicted molar refractivity (Wildman–Crippen MR) is 79.9 cm³/mol. The van der Waals surface area contributed by atoms with E-state index in [1.54, 1.807) is 12.1 Å². The van der Waals surface area contributed by atoms with Crippen LogP contribution in [0, 0.1) is 0 Å². The van der Waals surface area contributed by atoms with Crippen molar-refractivity contribution in [2.75, 3.05) is 11.5 Å². The van der Waals surface area contributed by atoms with Crippen molar-refractivity contribution in [3.63, 3.8) is 0 Å². The fraction of sp³-hybridized carbons (Fsp3) is 0.214. The van der Waals surface area contributed by atoms with E-state index in [0.717, 1.165) is 34.7 Å². The molecule has 4 N–H and O–H groups in total. The second-order valence-electron chi connectivity index (χ2n) is 4.69. The summed E-state index contributed by atoms with van der Waals surface area (Å²) in [5.74, 6) is 1.79. The molecule has 3 rings (SSSR count). The van der Waals surface area contributed by atoms with Gasteiger partial charge in [-0.3, -0.25) is 0 Å². The van der Waals surface area contributed by atoms with Gasteiger partial charge in [-0.2, -0.15) is 0 Å². The summed E-state index contributed by atoms with van der Waals surface area (Å²) < 4.78 is 2.01. The van der Waals surface area contributed by atoms with Crippen molar-refractivity contribution in [3.8, 4) is 11.3 Å². The second kappa shape index (κ2) is 4.48. The molecule has 6 heteroatoms. The zero-order chi connectivity index (χ0) is 14.3. The van der Waals surface area contributed by atoms with Crippen LogP contribution in [-0.4, -0.2) is 19.5 Å².